The molecule has 0 saturated heterocycles. The second-order valence-corrected chi connectivity index (χ2v) is 5.28. The fraction of sp³-hybridized carbons (Fsp3) is 0.750. The molecule has 18 heavy (non-hydrogen) atoms. The monoisotopic (exact) mass is 283 g/mol. The van der Waals surface area contributed by atoms with Gasteiger partial charge in [-0.05, 0) is 0 Å². The Kier molecular flexibility index (Phi) is 6.76. The Balaban J connectivity index is 4.28. The first-order chi connectivity index (χ1) is 8.20. The van der Waals surface area contributed by atoms with E-state index < -0.39 is 34.7 Å². The Morgan fingerprint density at radius 3 is 2.50 bits per heavy atom. The van der Waals surface area contributed by atoms with Gasteiger partial charge in [0.05, 0.1) is 13.5 Å². The van der Waals surface area contributed by atoms with Gasteiger partial charge in [0, 0.05) is 20.1 Å². The molecule has 106 valence electrons. The van der Waals surface area contributed by atoms with E-state index in [1.165, 1.54) is 14.2 Å². The van der Waals surface area contributed by atoms with Gasteiger partial charge in [-0.1, -0.05) is 0 Å². The number of rotatable bonds is 8. The summed E-state index contributed by atoms with van der Waals surface area (Å²) in [6.45, 7) is -0.616. The van der Waals surface area contributed by atoms with Crippen LogP contribution in [0.15, 0.2) is 0 Å². The lowest BCUT2D eigenvalue weighted by atomic mass is 10.3. The van der Waals surface area contributed by atoms with Gasteiger partial charge in [0.2, 0.25) is 5.91 Å². The van der Waals surface area contributed by atoms with Gasteiger partial charge in [-0.15, -0.1) is 0 Å². The van der Waals surface area contributed by atoms with Crippen molar-refractivity contribution < 1.29 is 27.9 Å². The van der Waals surface area contributed by atoms with Crippen molar-refractivity contribution in [3.05, 3.63) is 0 Å². The molecule has 1 unspecified atom stereocenters. The van der Waals surface area contributed by atoms with Crippen molar-refractivity contribution in [2.45, 2.75) is 12.5 Å². The molecule has 10 heteroatoms. The minimum atomic E-state index is -3.88. The van der Waals surface area contributed by atoms with Crippen molar-refractivity contribution in [2.24, 2.45) is 5.73 Å². The van der Waals surface area contributed by atoms with Crippen molar-refractivity contribution >= 4 is 22.1 Å². The minimum absolute atomic E-state index is 0.0886. The van der Waals surface area contributed by atoms with Crippen LogP contribution in [-0.4, -0.2) is 63.1 Å². The number of primary amides is 1. The largest absolute Gasteiger partial charge is 0.469 e. The van der Waals surface area contributed by atoms with E-state index in [1.807, 2.05) is 4.72 Å². The zero-order valence-electron chi connectivity index (χ0n) is 10.1. The maximum atomic E-state index is 11.6. The fourth-order valence-electron chi connectivity index (χ4n) is 0.866. The summed E-state index contributed by atoms with van der Waals surface area (Å²) in [7, 11) is -1.45. The lowest BCUT2D eigenvalue weighted by Crippen LogP contribution is -2.45. The van der Waals surface area contributed by atoms with Gasteiger partial charge < -0.3 is 15.6 Å². The highest BCUT2D eigenvalue weighted by Gasteiger charge is 2.21. The van der Waals surface area contributed by atoms with Gasteiger partial charge in [-0.25, -0.2) is 0 Å². The van der Waals surface area contributed by atoms with E-state index in [4.69, 9.17) is 10.8 Å². The molecule has 0 spiro atoms. The minimum Gasteiger partial charge on any atom is -0.469 e. The van der Waals surface area contributed by atoms with Crippen LogP contribution in [0.2, 0.25) is 0 Å². The molecular weight excluding hydrogens is 266 g/mol. The van der Waals surface area contributed by atoms with E-state index in [0.29, 0.717) is 0 Å². The molecule has 1 amide bonds. The zero-order chi connectivity index (χ0) is 14.3. The SMILES string of the molecule is COC(=O)CCN(C)S(=O)(=O)NCC(O)C(N)=O. The first-order valence-corrected chi connectivity index (χ1v) is 6.40. The van der Waals surface area contributed by atoms with Crippen molar-refractivity contribution in [3.8, 4) is 0 Å². The van der Waals surface area contributed by atoms with Gasteiger partial charge in [0.1, 0.15) is 6.10 Å². The lowest BCUT2D eigenvalue weighted by molar-refractivity contribution is -0.140. The van der Waals surface area contributed by atoms with Gasteiger partial charge >= 0.3 is 5.97 Å². The number of aliphatic hydroxyl groups excluding tert-OH is 1. The van der Waals surface area contributed by atoms with Crippen LogP contribution in [-0.2, 0) is 24.5 Å². The molecule has 4 N–H and O–H groups in total. The van der Waals surface area contributed by atoms with Crippen LogP contribution in [0.1, 0.15) is 6.42 Å². The number of nitrogens with zero attached hydrogens (tertiary/aromatic N) is 1. The molecule has 0 radical (unpaired) electrons. The molecule has 0 aliphatic carbocycles. The Morgan fingerprint density at radius 2 is 2.06 bits per heavy atom. The molecule has 0 aromatic heterocycles. The van der Waals surface area contributed by atoms with Crippen LogP contribution in [0.25, 0.3) is 0 Å². The number of esters is 1. The number of nitrogens with two attached hydrogens (primary N) is 1. The Bertz CT molecular complexity index is 396. The molecule has 0 saturated carbocycles. The highest BCUT2D eigenvalue weighted by molar-refractivity contribution is 7.87. The average molecular weight is 283 g/mol. The van der Waals surface area contributed by atoms with E-state index in [-0.39, 0.29) is 13.0 Å². The molecular formula is C8H17N3O6S. The fourth-order valence-corrected chi connectivity index (χ4v) is 1.79. The Hall–Kier alpha value is -1.23. The Morgan fingerprint density at radius 1 is 1.50 bits per heavy atom. The number of hydrogen-bond donors (Lipinski definition) is 3. The smallest absolute Gasteiger partial charge is 0.306 e. The normalized spacial score (nSPS) is 13.3. The summed E-state index contributed by atoms with van der Waals surface area (Å²) >= 11 is 0. The molecule has 0 aliphatic rings. The second kappa shape index (κ2) is 7.26. The number of nitrogens with one attached hydrogen (secondary N) is 1. The molecule has 1 atom stereocenters. The molecule has 0 fully saturated rings. The maximum absolute atomic E-state index is 11.6. The summed E-state index contributed by atoms with van der Waals surface area (Å²) in [5.74, 6) is -1.58. The van der Waals surface area contributed by atoms with E-state index in [1.54, 1.807) is 0 Å². The van der Waals surface area contributed by atoms with Gasteiger partial charge in [-0.2, -0.15) is 17.4 Å². The van der Waals surface area contributed by atoms with Gasteiger partial charge in [-0.3, -0.25) is 9.59 Å². The highest BCUT2D eigenvalue weighted by Crippen LogP contribution is 1.97. The lowest BCUT2D eigenvalue weighted by Gasteiger charge is -2.17. The summed E-state index contributed by atoms with van der Waals surface area (Å²) in [6, 6.07) is 0. The summed E-state index contributed by atoms with van der Waals surface area (Å²) < 4.78 is 30.3. The van der Waals surface area contributed by atoms with Crippen molar-refractivity contribution in [2.75, 3.05) is 27.2 Å². The van der Waals surface area contributed by atoms with Crippen LogP contribution in [0.4, 0.5) is 0 Å². The number of methoxy groups -OCH3 is 1. The van der Waals surface area contributed by atoms with Crippen LogP contribution >= 0.6 is 0 Å². The third-order valence-electron chi connectivity index (χ3n) is 2.06. The van der Waals surface area contributed by atoms with Crippen molar-refractivity contribution in [1.82, 2.24) is 9.03 Å². The van der Waals surface area contributed by atoms with Gasteiger partial charge in [0.15, 0.2) is 0 Å². The Labute approximate surface area is 105 Å². The summed E-state index contributed by atoms with van der Waals surface area (Å²) in [4.78, 5) is 21.3. The van der Waals surface area contributed by atoms with E-state index in [9.17, 15) is 18.0 Å². The number of amides is 1. The molecule has 0 rings (SSSR count). The molecule has 0 aliphatic heterocycles. The van der Waals surface area contributed by atoms with E-state index in [0.717, 1.165) is 4.31 Å². The highest BCUT2D eigenvalue weighted by atomic mass is 32.2. The molecule has 0 aromatic rings. The van der Waals surface area contributed by atoms with Crippen molar-refractivity contribution in [1.29, 1.82) is 0 Å². The van der Waals surface area contributed by atoms with E-state index in [2.05, 4.69) is 4.74 Å². The zero-order valence-corrected chi connectivity index (χ0v) is 10.9. The standard InChI is InChI=1S/C8H17N3O6S/c1-11(4-3-7(13)17-2)18(15,16)10-5-6(12)8(9)14/h6,10,12H,3-5H2,1-2H3,(H2,9,14). The predicted octanol–water partition coefficient (Wildman–Crippen LogP) is -2.84. The molecule has 0 aromatic carbocycles. The first kappa shape index (κ1) is 16.8. The number of carbonyl (C=O) groups is 2. The summed E-state index contributed by atoms with van der Waals surface area (Å²) in [5.41, 5.74) is 4.76. The third kappa shape index (κ3) is 5.91. The average Bonchev–Trinajstić information content (AvgIpc) is 2.32. The molecule has 9 nitrogen and oxygen atoms in total. The maximum Gasteiger partial charge on any atom is 0.306 e. The van der Waals surface area contributed by atoms with Crippen LogP contribution < -0.4 is 10.5 Å². The molecule has 0 bridgehead atoms. The quantitative estimate of drug-likeness (QED) is 0.410. The van der Waals surface area contributed by atoms with Crippen LogP contribution in [0.3, 0.4) is 0 Å². The number of ether oxygens (including phenoxy) is 1. The van der Waals surface area contributed by atoms with Crippen LogP contribution in [0.5, 0.6) is 0 Å². The van der Waals surface area contributed by atoms with Crippen LogP contribution in [0, 0.1) is 0 Å². The molecule has 0 heterocycles. The van der Waals surface area contributed by atoms with Crippen molar-refractivity contribution in [3.63, 3.8) is 0 Å². The summed E-state index contributed by atoms with van der Waals surface area (Å²) in [6.07, 6.45) is -1.71. The number of carbonyl (C=O) groups excluding carboxylic acids is 2. The van der Waals surface area contributed by atoms with E-state index >= 15 is 0 Å². The topological polar surface area (TPSA) is 139 Å². The first-order valence-electron chi connectivity index (χ1n) is 4.95. The summed E-state index contributed by atoms with van der Waals surface area (Å²) in [5, 5.41) is 9.03. The third-order valence-corrected chi connectivity index (χ3v) is 3.59. The van der Waals surface area contributed by atoms with Gasteiger partial charge in [0.25, 0.3) is 10.2 Å². The number of aliphatic hydroxyl groups is 1. The number of hydrogen-bond acceptors (Lipinski definition) is 6. The predicted molar refractivity (Wildman–Crippen MR) is 61.4 cm³/mol. The second-order valence-electron chi connectivity index (χ2n) is 3.42.